The van der Waals surface area contributed by atoms with E-state index in [1.54, 1.807) is 0 Å². The number of ether oxygens (including phenoxy) is 2. The average Bonchev–Trinajstić information content (AvgIpc) is 2.35. The van der Waals surface area contributed by atoms with Gasteiger partial charge in [-0.1, -0.05) is 0 Å². The molecule has 0 spiro atoms. The van der Waals surface area contributed by atoms with Crippen LogP contribution in [0.25, 0.3) is 0 Å². The highest BCUT2D eigenvalue weighted by Crippen LogP contribution is 2.29. The van der Waals surface area contributed by atoms with Gasteiger partial charge in [-0.15, -0.1) is 0 Å². The van der Waals surface area contributed by atoms with Gasteiger partial charge in [0.05, 0.1) is 12.7 Å². The van der Waals surface area contributed by atoms with E-state index in [9.17, 15) is 0 Å². The maximum atomic E-state index is 9.16. The van der Waals surface area contributed by atoms with Crippen molar-refractivity contribution in [3.05, 3.63) is 0 Å². The molecule has 4 atom stereocenters. The fourth-order valence-corrected chi connectivity index (χ4v) is 1.48. The first-order valence-corrected chi connectivity index (χ1v) is 3.40. The molecule has 2 aliphatic heterocycles. The quantitative estimate of drug-likeness (QED) is 0.453. The Kier molecular flexibility index (Phi) is 1.42. The monoisotopic (exact) mass is 146 g/mol. The van der Waals surface area contributed by atoms with Crippen LogP contribution in [0.2, 0.25) is 0 Å². The summed E-state index contributed by atoms with van der Waals surface area (Å²) >= 11 is 0. The number of hydrogen-bond acceptors (Lipinski definition) is 4. The fourth-order valence-electron chi connectivity index (χ4n) is 1.48. The van der Waals surface area contributed by atoms with Gasteiger partial charge in [-0.25, -0.2) is 0 Å². The zero-order valence-corrected chi connectivity index (χ0v) is 5.43. The average molecular weight is 146 g/mol. The molecule has 4 nitrogen and oxygen atoms in total. The molecule has 0 aromatic heterocycles. The highest BCUT2D eigenvalue weighted by molar-refractivity contribution is 4.89. The van der Waals surface area contributed by atoms with E-state index in [1.807, 2.05) is 0 Å². The predicted molar refractivity (Wildman–Crippen MR) is 31.2 cm³/mol. The van der Waals surface area contributed by atoms with Gasteiger partial charge in [0.1, 0.15) is 12.2 Å². The zero-order valence-electron chi connectivity index (χ0n) is 5.43. The van der Waals surface area contributed by atoms with Gasteiger partial charge in [-0.05, 0) is 0 Å². The van der Waals surface area contributed by atoms with E-state index in [4.69, 9.17) is 19.7 Å². The maximum absolute atomic E-state index is 9.16. The molecule has 0 amide bonds. The molecular formula is C6H10O4. The molecule has 2 heterocycles. The van der Waals surface area contributed by atoms with Crippen LogP contribution in [-0.4, -0.2) is 41.4 Å². The Morgan fingerprint density at radius 3 is 2.80 bits per heavy atom. The second-order valence-corrected chi connectivity index (χ2v) is 2.73. The third-order valence-corrected chi connectivity index (χ3v) is 1.97. The lowest BCUT2D eigenvalue weighted by Crippen LogP contribution is -2.27. The van der Waals surface area contributed by atoms with Crippen molar-refractivity contribution in [1.82, 2.24) is 0 Å². The summed E-state index contributed by atoms with van der Waals surface area (Å²) in [6.45, 7) is 0.335. The van der Waals surface area contributed by atoms with Gasteiger partial charge in [0, 0.05) is 6.42 Å². The molecular weight excluding hydrogens is 136 g/mol. The highest BCUT2D eigenvalue weighted by atomic mass is 16.7. The lowest BCUT2D eigenvalue weighted by molar-refractivity contribution is -0.115. The van der Waals surface area contributed by atoms with Crippen LogP contribution in [0.1, 0.15) is 6.42 Å². The van der Waals surface area contributed by atoms with Crippen LogP contribution in [0.5, 0.6) is 0 Å². The smallest absolute Gasteiger partial charge is 0.157 e. The molecule has 2 aliphatic rings. The summed E-state index contributed by atoms with van der Waals surface area (Å²) in [4.78, 5) is 0. The number of rotatable bonds is 0. The van der Waals surface area contributed by atoms with Crippen molar-refractivity contribution in [3.63, 3.8) is 0 Å². The standard InChI is InChI=1S/C6H10O4/c7-3-2-9-4-1-5(8)10-6(3)4/h3-8H,1-2H2/t3-,4?,5+,6?/m1/s1. The van der Waals surface area contributed by atoms with Crippen LogP contribution >= 0.6 is 0 Å². The van der Waals surface area contributed by atoms with Crippen molar-refractivity contribution < 1.29 is 19.7 Å². The molecule has 0 bridgehead atoms. The molecule has 2 fully saturated rings. The number of hydrogen-bond donors (Lipinski definition) is 2. The normalized spacial score (nSPS) is 53.4. The van der Waals surface area contributed by atoms with Gasteiger partial charge in [0.2, 0.25) is 0 Å². The van der Waals surface area contributed by atoms with Gasteiger partial charge in [0.15, 0.2) is 6.29 Å². The van der Waals surface area contributed by atoms with Gasteiger partial charge in [-0.2, -0.15) is 0 Å². The molecule has 58 valence electrons. The first kappa shape index (κ1) is 6.54. The molecule has 2 N–H and O–H groups in total. The first-order valence-electron chi connectivity index (χ1n) is 3.40. The summed E-state index contributed by atoms with van der Waals surface area (Å²) < 4.78 is 10.1. The van der Waals surface area contributed by atoms with Crippen LogP contribution < -0.4 is 0 Å². The molecule has 2 unspecified atom stereocenters. The molecule has 0 saturated carbocycles. The highest BCUT2D eigenvalue weighted by Gasteiger charge is 2.44. The molecule has 0 aromatic rings. The van der Waals surface area contributed by atoms with Crippen LogP contribution in [0.4, 0.5) is 0 Å². The number of aliphatic hydroxyl groups is 2. The number of fused-ring (bicyclic) bond motifs is 1. The largest absolute Gasteiger partial charge is 0.388 e. The fraction of sp³-hybridized carbons (Fsp3) is 1.00. The Balaban J connectivity index is 2.05. The minimum absolute atomic E-state index is 0.0926. The number of aliphatic hydroxyl groups excluding tert-OH is 2. The van der Waals surface area contributed by atoms with Gasteiger partial charge < -0.3 is 19.7 Å². The van der Waals surface area contributed by atoms with E-state index in [2.05, 4.69) is 0 Å². The minimum Gasteiger partial charge on any atom is -0.388 e. The van der Waals surface area contributed by atoms with Crippen LogP contribution in [0, 0.1) is 0 Å². The van der Waals surface area contributed by atoms with Crippen molar-refractivity contribution in [2.24, 2.45) is 0 Å². The Morgan fingerprint density at radius 1 is 1.30 bits per heavy atom. The Hall–Kier alpha value is -0.160. The Bertz CT molecular complexity index is 138. The van der Waals surface area contributed by atoms with Gasteiger partial charge >= 0.3 is 0 Å². The van der Waals surface area contributed by atoms with Gasteiger partial charge in [-0.3, -0.25) is 0 Å². The molecule has 0 radical (unpaired) electrons. The van der Waals surface area contributed by atoms with Gasteiger partial charge in [0.25, 0.3) is 0 Å². The third-order valence-electron chi connectivity index (χ3n) is 1.97. The SMILES string of the molecule is O[C@@H]1CC2OC[C@@H](O)C2O1. The molecule has 0 aliphatic carbocycles. The summed E-state index contributed by atoms with van der Waals surface area (Å²) in [5, 5.41) is 18.1. The maximum Gasteiger partial charge on any atom is 0.157 e. The summed E-state index contributed by atoms with van der Waals surface area (Å²) in [5.74, 6) is 0. The van der Waals surface area contributed by atoms with E-state index >= 15 is 0 Å². The Morgan fingerprint density at radius 2 is 2.10 bits per heavy atom. The van der Waals surface area contributed by atoms with Crippen molar-refractivity contribution in [2.75, 3.05) is 6.61 Å². The molecule has 2 saturated heterocycles. The van der Waals surface area contributed by atoms with E-state index in [1.165, 1.54) is 0 Å². The van der Waals surface area contributed by atoms with Crippen LogP contribution in [-0.2, 0) is 9.47 Å². The summed E-state index contributed by atoms with van der Waals surface area (Å²) in [6, 6.07) is 0. The molecule has 4 heteroatoms. The summed E-state index contributed by atoms with van der Waals surface area (Å²) in [5.41, 5.74) is 0. The van der Waals surface area contributed by atoms with E-state index in [0.29, 0.717) is 13.0 Å². The summed E-state index contributed by atoms with van der Waals surface area (Å²) in [6.07, 6.45) is -1.20. The Labute approximate surface area is 58.4 Å². The minimum atomic E-state index is -0.745. The van der Waals surface area contributed by atoms with Crippen LogP contribution in [0.15, 0.2) is 0 Å². The third kappa shape index (κ3) is 0.845. The molecule has 2 rings (SSSR count). The van der Waals surface area contributed by atoms with E-state index in [-0.39, 0.29) is 12.2 Å². The molecule has 10 heavy (non-hydrogen) atoms. The summed E-state index contributed by atoms with van der Waals surface area (Å²) in [7, 11) is 0. The topological polar surface area (TPSA) is 58.9 Å². The van der Waals surface area contributed by atoms with Crippen molar-refractivity contribution in [2.45, 2.75) is 31.0 Å². The van der Waals surface area contributed by atoms with Crippen molar-refractivity contribution >= 4 is 0 Å². The second-order valence-electron chi connectivity index (χ2n) is 2.73. The second kappa shape index (κ2) is 2.17. The van der Waals surface area contributed by atoms with Crippen molar-refractivity contribution in [3.8, 4) is 0 Å². The van der Waals surface area contributed by atoms with E-state index < -0.39 is 12.4 Å². The predicted octanol–water partition coefficient (Wildman–Crippen LogP) is -1.15. The zero-order chi connectivity index (χ0) is 7.14. The molecule has 0 aromatic carbocycles. The van der Waals surface area contributed by atoms with E-state index in [0.717, 1.165) is 0 Å². The van der Waals surface area contributed by atoms with Crippen molar-refractivity contribution in [1.29, 1.82) is 0 Å². The first-order chi connectivity index (χ1) is 4.77. The van der Waals surface area contributed by atoms with Crippen LogP contribution in [0.3, 0.4) is 0 Å². The lowest BCUT2D eigenvalue weighted by Gasteiger charge is -2.09. The lowest BCUT2D eigenvalue weighted by atomic mass is 10.1.